The van der Waals surface area contributed by atoms with Crippen LogP contribution in [0.15, 0.2) is 0 Å². The van der Waals surface area contributed by atoms with Crippen LogP contribution in [0.5, 0.6) is 0 Å². The van der Waals surface area contributed by atoms with Gasteiger partial charge in [0.25, 0.3) is 0 Å². The molecule has 1 saturated heterocycles. The molecule has 4 N–H and O–H groups in total. The molecule has 1 atom stereocenters. The topological polar surface area (TPSA) is 69.7 Å². The van der Waals surface area contributed by atoms with Gasteiger partial charge in [-0.2, -0.15) is 0 Å². The Hall–Kier alpha value is -0.160. The van der Waals surface area contributed by atoms with Gasteiger partial charge >= 0.3 is 0 Å². The molecule has 1 aliphatic rings. The molecule has 4 heteroatoms. The van der Waals surface area contributed by atoms with Gasteiger partial charge in [0.2, 0.25) is 0 Å². The summed E-state index contributed by atoms with van der Waals surface area (Å²) < 4.78 is 0. The summed E-state index contributed by atoms with van der Waals surface area (Å²) in [6.07, 6.45) is 2.10. The van der Waals surface area contributed by atoms with Crippen molar-refractivity contribution in [2.75, 3.05) is 32.8 Å². The first-order valence-electron chi connectivity index (χ1n) is 4.96. The minimum atomic E-state index is -0.120. The number of nitrogens with two attached hydrogens (primary N) is 1. The van der Waals surface area contributed by atoms with Crippen molar-refractivity contribution in [3.63, 3.8) is 0 Å². The summed E-state index contributed by atoms with van der Waals surface area (Å²) >= 11 is 0. The maximum absolute atomic E-state index is 8.92. The Bertz CT molecular complexity index is 136. The van der Waals surface area contributed by atoms with Gasteiger partial charge < -0.3 is 20.8 Å². The molecule has 0 aromatic heterocycles. The SMILES string of the molecule is NC(CO)CN1CCC(CO)CC1. The molecule has 0 aromatic carbocycles. The minimum absolute atomic E-state index is 0.0555. The van der Waals surface area contributed by atoms with E-state index in [9.17, 15) is 0 Å². The molecular weight excluding hydrogens is 168 g/mol. The quantitative estimate of drug-likeness (QED) is 0.530. The highest BCUT2D eigenvalue weighted by atomic mass is 16.3. The molecule has 78 valence electrons. The van der Waals surface area contributed by atoms with Crippen LogP contribution in [-0.4, -0.2) is 54.0 Å². The third-order valence-electron chi connectivity index (χ3n) is 2.69. The van der Waals surface area contributed by atoms with Crippen molar-refractivity contribution in [1.29, 1.82) is 0 Å². The van der Waals surface area contributed by atoms with E-state index in [-0.39, 0.29) is 12.6 Å². The molecule has 0 bridgehead atoms. The Balaban J connectivity index is 2.17. The molecule has 0 aromatic rings. The summed E-state index contributed by atoms with van der Waals surface area (Å²) in [7, 11) is 0. The molecule has 0 aliphatic carbocycles. The van der Waals surface area contributed by atoms with E-state index in [0.717, 1.165) is 32.5 Å². The number of aliphatic hydroxyl groups is 2. The molecule has 1 aliphatic heterocycles. The lowest BCUT2D eigenvalue weighted by Crippen LogP contribution is -2.43. The van der Waals surface area contributed by atoms with Crippen molar-refractivity contribution in [3.05, 3.63) is 0 Å². The third kappa shape index (κ3) is 3.60. The van der Waals surface area contributed by atoms with E-state index >= 15 is 0 Å². The van der Waals surface area contributed by atoms with E-state index in [2.05, 4.69) is 4.90 Å². The predicted molar refractivity (Wildman–Crippen MR) is 51.3 cm³/mol. The van der Waals surface area contributed by atoms with Crippen LogP contribution in [0.4, 0.5) is 0 Å². The highest BCUT2D eigenvalue weighted by Gasteiger charge is 2.19. The largest absolute Gasteiger partial charge is 0.396 e. The highest BCUT2D eigenvalue weighted by molar-refractivity contribution is 4.74. The normalized spacial score (nSPS) is 23.3. The zero-order valence-electron chi connectivity index (χ0n) is 8.02. The van der Waals surface area contributed by atoms with Crippen LogP contribution in [0, 0.1) is 5.92 Å². The molecule has 1 unspecified atom stereocenters. The number of likely N-dealkylation sites (tertiary alicyclic amines) is 1. The molecule has 0 amide bonds. The number of hydrogen-bond donors (Lipinski definition) is 3. The number of hydrogen-bond acceptors (Lipinski definition) is 4. The van der Waals surface area contributed by atoms with Crippen LogP contribution < -0.4 is 5.73 Å². The summed E-state index contributed by atoms with van der Waals surface area (Å²) in [5, 5.41) is 17.7. The second-order valence-corrected chi connectivity index (χ2v) is 3.87. The van der Waals surface area contributed by atoms with Crippen molar-refractivity contribution in [1.82, 2.24) is 4.90 Å². The van der Waals surface area contributed by atoms with Gasteiger partial charge in [-0.05, 0) is 31.8 Å². The van der Waals surface area contributed by atoms with Gasteiger partial charge in [-0.25, -0.2) is 0 Å². The average Bonchev–Trinajstić information content (AvgIpc) is 2.19. The summed E-state index contributed by atoms with van der Waals surface area (Å²) in [4.78, 5) is 2.26. The number of rotatable bonds is 4. The first-order valence-corrected chi connectivity index (χ1v) is 4.96. The van der Waals surface area contributed by atoms with Crippen molar-refractivity contribution in [2.45, 2.75) is 18.9 Å². The first-order chi connectivity index (χ1) is 6.26. The molecule has 0 saturated carbocycles. The summed E-state index contributed by atoms with van der Waals surface area (Å²) in [6, 6.07) is -0.120. The monoisotopic (exact) mass is 188 g/mol. The van der Waals surface area contributed by atoms with Crippen molar-refractivity contribution in [3.8, 4) is 0 Å². The lowest BCUT2D eigenvalue weighted by atomic mass is 9.98. The summed E-state index contributed by atoms with van der Waals surface area (Å²) in [5.41, 5.74) is 5.63. The first kappa shape index (κ1) is 10.9. The van der Waals surface area contributed by atoms with Gasteiger partial charge in [-0.1, -0.05) is 0 Å². The molecule has 13 heavy (non-hydrogen) atoms. The minimum Gasteiger partial charge on any atom is -0.396 e. The van der Waals surface area contributed by atoms with Crippen LogP contribution in [0.25, 0.3) is 0 Å². The summed E-state index contributed by atoms with van der Waals surface area (Å²) in [6.45, 7) is 3.13. The second kappa shape index (κ2) is 5.54. The zero-order chi connectivity index (χ0) is 9.68. The van der Waals surface area contributed by atoms with Crippen LogP contribution in [-0.2, 0) is 0 Å². The summed E-state index contributed by atoms with van der Waals surface area (Å²) in [5.74, 6) is 0.474. The van der Waals surface area contributed by atoms with E-state index in [1.54, 1.807) is 0 Å². The van der Waals surface area contributed by atoms with Gasteiger partial charge in [0.15, 0.2) is 0 Å². The average molecular weight is 188 g/mol. The van der Waals surface area contributed by atoms with E-state index in [1.165, 1.54) is 0 Å². The Labute approximate surface area is 79.3 Å². The Kier molecular flexibility index (Phi) is 4.66. The fraction of sp³-hybridized carbons (Fsp3) is 1.00. The van der Waals surface area contributed by atoms with Crippen LogP contribution in [0.1, 0.15) is 12.8 Å². The zero-order valence-corrected chi connectivity index (χ0v) is 8.02. The molecule has 0 radical (unpaired) electrons. The molecule has 4 nitrogen and oxygen atoms in total. The van der Waals surface area contributed by atoms with Crippen LogP contribution >= 0.6 is 0 Å². The lowest BCUT2D eigenvalue weighted by molar-refractivity contribution is 0.119. The molecular formula is C9H20N2O2. The fourth-order valence-electron chi connectivity index (χ4n) is 1.74. The Morgan fingerprint density at radius 2 is 1.92 bits per heavy atom. The number of aliphatic hydroxyl groups excluding tert-OH is 2. The standard InChI is InChI=1S/C9H20N2O2/c10-9(7-13)5-11-3-1-8(6-12)2-4-11/h8-9,12-13H,1-7,10H2. The van der Waals surface area contributed by atoms with E-state index < -0.39 is 0 Å². The van der Waals surface area contributed by atoms with Gasteiger partial charge in [-0.3, -0.25) is 0 Å². The third-order valence-corrected chi connectivity index (χ3v) is 2.69. The van der Waals surface area contributed by atoms with E-state index in [1.807, 2.05) is 0 Å². The molecule has 1 heterocycles. The molecule has 1 fully saturated rings. The Morgan fingerprint density at radius 1 is 1.31 bits per heavy atom. The molecule has 0 spiro atoms. The smallest absolute Gasteiger partial charge is 0.0595 e. The second-order valence-electron chi connectivity index (χ2n) is 3.87. The predicted octanol–water partition coefficient (Wildman–Crippen LogP) is -0.990. The highest BCUT2D eigenvalue weighted by Crippen LogP contribution is 2.15. The maximum Gasteiger partial charge on any atom is 0.0595 e. The van der Waals surface area contributed by atoms with Crippen LogP contribution in [0.2, 0.25) is 0 Å². The Morgan fingerprint density at radius 3 is 2.38 bits per heavy atom. The molecule has 1 rings (SSSR count). The maximum atomic E-state index is 8.92. The fourth-order valence-corrected chi connectivity index (χ4v) is 1.74. The van der Waals surface area contributed by atoms with Gasteiger partial charge in [0.1, 0.15) is 0 Å². The van der Waals surface area contributed by atoms with Crippen LogP contribution in [0.3, 0.4) is 0 Å². The van der Waals surface area contributed by atoms with Gasteiger partial charge in [0.05, 0.1) is 6.61 Å². The van der Waals surface area contributed by atoms with E-state index in [0.29, 0.717) is 12.5 Å². The number of nitrogens with zero attached hydrogens (tertiary/aromatic N) is 1. The lowest BCUT2D eigenvalue weighted by Gasteiger charge is -2.32. The number of piperidine rings is 1. The van der Waals surface area contributed by atoms with E-state index in [4.69, 9.17) is 15.9 Å². The van der Waals surface area contributed by atoms with Crippen molar-refractivity contribution < 1.29 is 10.2 Å². The van der Waals surface area contributed by atoms with Gasteiger partial charge in [-0.15, -0.1) is 0 Å². The van der Waals surface area contributed by atoms with Gasteiger partial charge in [0, 0.05) is 19.2 Å². The van der Waals surface area contributed by atoms with Crippen molar-refractivity contribution >= 4 is 0 Å². The van der Waals surface area contributed by atoms with Crippen molar-refractivity contribution in [2.24, 2.45) is 11.7 Å².